The summed E-state index contributed by atoms with van der Waals surface area (Å²) in [4.78, 5) is 35.5. The summed E-state index contributed by atoms with van der Waals surface area (Å²) in [6, 6.07) is 2.50. The van der Waals surface area contributed by atoms with Crippen LogP contribution in [0.25, 0.3) is 5.65 Å². The van der Waals surface area contributed by atoms with E-state index in [0.29, 0.717) is 22.6 Å². The van der Waals surface area contributed by atoms with Crippen LogP contribution in [-0.2, 0) is 17.8 Å². The molecule has 10 heteroatoms. The summed E-state index contributed by atoms with van der Waals surface area (Å²) in [6.45, 7) is 3.46. The summed E-state index contributed by atoms with van der Waals surface area (Å²) < 4.78 is 26.8. The van der Waals surface area contributed by atoms with Crippen molar-refractivity contribution in [3.8, 4) is 0 Å². The number of halogens is 2. The summed E-state index contributed by atoms with van der Waals surface area (Å²) >= 11 is 0. The number of hydrogen-bond acceptors (Lipinski definition) is 5. The minimum Gasteiger partial charge on any atom is -0.349 e. The van der Waals surface area contributed by atoms with Crippen LogP contribution in [0.3, 0.4) is 0 Å². The van der Waals surface area contributed by atoms with Gasteiger partial charge in [0, 0.05) is 29.2 Å². The molecule has 0 unspecified atom stereocenters. The Balaban J connectivity index is 1.73. The molecule has 0 aliphatic carbocycles. The van der Waals surface area contributed by atoms with Crippen molar-refractivity contribution >= 4 is 11.6 Å². The minimum atomic E-state index is -2.70. The Hall–Kier alpha value is -3.17. The van der Waals surface area contributed by atoms with Crippen LogP contribution in [0.4, 0.5) is 8.78 Å². The van der Waals surface area contributed by atoms with Crippen molar-refractivity contribution in [1.29, 1.82) is 0 Å². The van der Waals surface area contributed by atoms with Gasteiger partial charge >= 0.3 is 0 Å². The van der Waals surface area contributed by atoms with Gasteiger partial charge in [-0.1, -0.05) is 0 Å². The van der Waals surface area contributed by atoms with Gasteiger partial charge in [0.1, 0.15) is 11.5 Å². The van der Waals surface area contributed by atoms with Crippen LogP contribution >= 0.6 is 0 Å². The van der Waals surface area contributed by atoms with E-state index in [1.54, 1.807) is 13.8 Å². The van der Waals surface area contributed by atoms with Crippen LogP contribution in [0.15, 0.2) is 23.1 Å². The van der Waals surface area contributed by atoms with Gasteiger partial charge in [0.25, 0.3) is 12.0 Å². The SMILES string of the molecule is Cc1nc2cc(=O)[nH]n2c(C)c1CC(=O)NCc1nccc(C(F)F)n1. The van der Waals surface area contributed by atoms with E-state index in [-0.39, 0.29) is 36.0 Å². The first-order chi connectivity index (χ1) is 12.3. The standard InChI is InChI=1S/C16H16F2N6O2/c1-8-10(9(2)24-13(21-8)6-15(26)23-24)5-14(25)20-7-12-19-4-3-11(22-12)16(17)18/h3-4,6,16H,5,7H2,1-2H3,(H,20,25)(H,23,26). The van der Waals surface area contributed by atoms with Gasteiger partial charge in [-0.2, -0.15) is 0 Å². The topological polar surface area (TPSA) is 105 Å². The summed E-state index contributed by atoms with van der Waals surface area (Å²) in [5.41, 5.74) is 1.81. The number of aromatic nitrogens is 5. The molecule has 26 heavy (non-hydrogen) atoms. The van der Waals surface area contributed by atoms with E-state index in [0.717, 1.165) is 6.07 Å². The van der Waals surface area contributed by atoms with Crippen molar-refractivity contribution in [2.24, 2.45) is 0 Å². The second-order valence-corrected chi connectivity index (χ2v) is 5.73. The highest BCUT2D eigenvalue weighted by Crippen LogP contribution is 2.15. The van der Waals surface area contributed by atoms with Crippen LogP contribution in [0, 0.1) is 13.8 Å². The Morgan fingerprint density at radius 1 is 1.35 bits per heavy atom. The highest BCUT2D eigenvalue weighted by molar-refractivity contribution is 5.79. The number of nitrogens with one attached hydrogen (secondary N) is 2. The zero-order chi connectivity index (χ0) is 18.8. The lowest BCUT2D eigenvalue weighted by Gasteiger charge is -2.11. The molecule has 0 aliphatic rings. The van der Waals surface area contributed by atoms with Gasteiger partial charge in [-0.25, -0.2) is 28.2 Å². The Morgan fingerprint density at radius 3 is 2.85 bits per heavy atom. The summed E-state index contributed by atoms with van der Waals surface area (Å²) in [5, 5.41) is 5.22. The molecule has 3 aromatic heterocycles. The third-order valence-corrected chi connectivity index (χ3v) is 3.93. The van der Waals surface area contributed by atoms with Crippen molar-refractivity contribution in [1.82, 2.24) is 29.9 Å². The van der Waals surface area contributed by atoms with Crippen molar-refractivity contribution < 1.29 is 13.6 Å². The van der Waals surface area contributed by atoms with E-state index < -0.39 is 6.43 Å². The number of amides is 1. The van der Waals surface area contributed by atoms with E-state index in [9.17, 15) is 18.4 Å². The van der Waals surface area contributed by atoms with E-state index in [4.69, 9.17) is 0 Å². The highest BCUT2D eigenvalue weighted by Gasteiger charge is 2.15. The summed E-state index contributed by atoms with van der Waals surface area (Å²) in [7, 11) is 0. The molecule has 2 N–H and O–H groups in total. The summed E-state index contributed by atoms with van der Waals surface area (Å²) in [6.07, 6.45) is -1.45. The Kier molecular flexibility index (Phi) is 4.74. The normalized spacial score (nSPS) is 11.3. The van der Waals surface area contributed by atoms with Crippen LogP contribution in [0.2, 0.25) is 0 Å². The molecule has 8 nitrogen and oxygen atoms in total. The fourth-order valence-electron chi connectivity index (χ4n) is 2.63. The van der Waals surface area contributed by atoms with Crippen molar-refractivity contribution in [3.05, 3.63) is 57.2 Å². The molecule has 0 saturated heterocycles. The summed E-state index contributed by atoms with van der Waals surface area (Å²) in [5.74, 6) is -0.231. The zero-order valence-electron chi connectivity index (χ0n) is 14.1. The number of carbonyl (C=O) groups is 1. The Bertz CT molecular complexity index is 1030. The maximum atomic E-state index is 12.6. The fourth-order valence-corrected chi connectivity index (χ4v) is 2.63. The third kappa shape index (κ3) is 3.58. The predicted molar refractivity (Wildman–Crippen MR) is 87.8 cm³/mol. The van der Waals surface area contributed by atoms with Crippen LogP contribution in [-0.4, -0.2) is 30.5 Å². The molecule has 3 heterocycles. The first-order valence-corrected chi connectivity index (χ1v) is 7.79. The Morgan fingerprint density at radius 2 is 2.12 bits per heavy atom. The predicted octanol–water partition coefficient (Wildman–Crippen LogP) is 1.23. The second kappa shape index (κ2) is 6.98. The molecule has 0 atom stereocenters. The number of hydrogen-bond donors (Lipinski definition) is 2. The van der Waals surface area contributed by atoms with Crippen LogP contribution in [0.5, 0.6) is 0 Å². The third-order valence-electron chi connectivity index (χ3n) is 3.93. The number of rotatable bonds is 5. The van der Waals surface area contributed by atoms with E-state index in [2.05, 4.69) is 25.4 Å². The van der Waals surface area contributed by atoms with Gasteiger partial charge in [-0.15, -0.1) is 0 Å². The average molecular weight is 362 g/mol. The van der Waals surface area contributed by atoms with Gasteiger partial charge in [-0.3, -0.25) is 14.7 Å². The molecule has 0 bridgehead atoms. The molecule has 3 aromatic rings. The fraction of sp³-hybridized carbons (Fsp3) is 0.312. The molecule has 0 fully saturated rings. The van der Waals surface area contributed by atoms with Crippen molar-refractivity contribution in [2.75, 3.05) is 0 Å². The molecule has 136 valence electrons. The smallest absolute Gasteiger partial charge is 0.280 e. The molecule has 0 radical (unpaired) electrons. The van der Waals surface area contributed by atoms with E-state index >= 15 is 0 Å². The number of aryl methyl sites for hydroxylation is 2. The maximum absolute atomic E-state index is 12.6. The molecule has 0 aromatic carbocycles. The lowest BCUT2D eigenvalue weighted by atomic mass is 10.1. The maximum Gasteiger partial charge on any atom is 0.280 e. The highest BCUT2D eigenvalue weighted by atomic mass is 19.3. The van der Waals surface area contributed by atoms with Gasteiger partial charge in [0.2, 0.25) is 5.91 Å². The Labute approximate surface area is 146 Å². The monoisotopic (exact) mass is 362 g/mol. The number of fused-ring (bicyclic) bond motifs is 1. The lowest BCUT2D eigenvalue weighted by molar-refractivity contribution is -0.120. The van der Waals surface area contributed by atoms with E-state index in [1.165, 1.54) is 16.8 Å². The zero-order valence-corrected chi connectivity index (χ0v) is 14.1. The first-order valence-electron chi connectivity index (χ1n) is 7.79. The van der Waals surface area contributed by atoms with Gasteiger partial charge in [0.05, 0.1) is 13.0 Å². The number of H-pyrrole nitrogens is 1. The molecule has 0 spiro atoms. The van der Waals surface area contributed by atoms with Gasteiger partial charge in [0.15, 0.2) is 5.65 Å². The molecular formula is C16H16F2N6O2. The number of alkyl halides is 2. The molecule has 0 aliphatic heterocycles. The molecule has 1 amide bonds. The van der Waals surface area contributed by atoms with Crippen molar-refractivity contribution in [3.63, 3.8) is 0 Å². The molecular weight excluding hydrogens is 346 g/mol. The quantitative estimate of drug-likeness (QED) is 0.710. The largest absolute Gasteiger partial charge is 0.349 e. The number of aromatic amines is 1. The van der Waals surface area contributed by atoms with Gasteiger partial charge in [-0.05, 0) is 19.9 Å². The first kappa shape index (κ1) is 17.6. The van der Waals surface area contributed by atoms with E-state index in [1.807, 2.05) is 0 Å². The van der Waals surface area contributed by atoms with Crippen molar-refractivity contribution in [2.45, 2.75) is 33.2 Å². The minimum absolute atomic E-state index is 0.0232. The number of carbonyl (C=O) groups excluding carboxylic acids is 1. The van der Waals surface area contributed by atoms with Crippen LogP contribution < -0.4 is 10.9 Å². The average Bonchev–Trinajstić information content (AvgIpc) is 2.97. The van der Waals surface area contributed by atoms with Crippen LogP contribution in [0.1, 0.15) is 34.9 Å². The molecule has 3 rings (SSSR count). The molecule has 0 saturated carbocycles. The number of nitrogens with zero attached hydrogens (tertiary/aromatic N) is 4. The van der Waals surface area contributed by atoms with Gasteiger partial charge < -0.3 is 5.32 Å². The lowest BCUT2D eigenvalue weighted by Crippen LogP contribution is -2.27. The second-order valence-electron chi connectivity index (χ2n) is 5.73.